The van der Waals surface area contributed by atoms with Crippen LogP contribution in [0.1, 0.15) is 100 Å². The number of benzene rings is 2. The largest absolute Gasteiger partial charge is 1.00 e. The molecule has 0 unspecified atom stereocenters. The summed E-state index contributed by atoms with van der Waals surface area (Å²) in [6.45, 7) is 5.84. The summed E-state index contributed by atoms with van der Waals surface area (Å²) in [4.78, 5) is 12.8. The molecular weight excluding hydrogens is 604 g/mol. The zero-order valence-electron chi connectivity index (χ0n) is 24.2. The van der Waals surface area contributed by atoms with Gasteiger partial charge in [0.1, 0.15) is 5.75 Å². The number of amides is 1. The number of ether oxygens (including phenoxy) is 1. The normalized spacial score (nSPS) is 10.8. The molecule has 3 aromatic rings. The van der Waals surface area contributed by atoms with Gasteiger partial charge in [-0.2, -0.15) is 4.57 Å². The highest BCUT2D eigenvalue weighted by atomic mass is 79.9. The SMILES string of the molecule is CCCCCCCCCCCCCCOc1c(Cl)cccc1CC(=O)Nc1ccc(C[n+]2ccsc2C)cc1.[Br-]. The summed E-state index contributed by atoms with van der Waals surface area (Å²) >= 11 is 8.19. The molecule has 0 radical (unpaired) electrons. The number of thiazole rings is 1. The van der Waals surface area contributed by atoms with Gasteiger partial charge in [0, 0.05) is 23.7 Å². The van der Waals surface area contributed by atoms with Crippen molar-refractivity contribution >= 4 is 34.5 Å². The Bertz CT molecular complexity index is 1120. The Balaban J connectivity index is 0.00000560. The molecule has 0 spiro atoms. The number of aryl methyl sites for hydroxylation is 1. The Morgan fingerprint density at radius 2 is 1.52 bits per heavy atom. The van der Waals surface area contributed by atoms with Gasteiger partial charge in [-0.15, -0.1) is 0 Å². The number of rotatable bonds is 19. The van der Waals surface area contributed by atoms with Crippen LogP contribution < -0.4 is 31.6 Å². The number of para-hydroxylation sites is 1. The highest BCUT2D eigenvalue weighted by Gasteiger charge is 2.13. The fraction of sp³-hybridized carbons (Fsp3) is 0.515. The Kier molecular flexibility index (Phi) is 17.2. The topological polar surface area (TPSA) is 42.2 Å². The number of aromatic nitrogens is 1. The van der Waals surface area contributed by atoms with Crippen LogP contribution in [-0.2, 0) is 17.8 Å². The molecule has 0 atom stereocenters. The van der Waals surface area contributed by atoms with E-state index < -0.39 is 0 Å². The van der Waals surface area contributed by atoms with E-state index in [1.165, 1.54) is 74.8 Å². The van der Waals surface area contributed by atoms with Crippen molar-refractivity contribution in [2.24, 2.45) is 0 Å². The van der Waals surface area contributed by atoms with Crippen LogP contribution in [0.5, 0.6) is 5.75 Å². The van der Waals surface area contributed by atoms with E-state index in [0.717, 1.165) is 30.6 Å². The lowest BCUT2D eigenvalue weighted by atomic mass is 10.1. The Hall–Kier alpha value is -1.89. The van der Waals surface area contributed by atoms with Crippen molar-refractivity contribution in [1.29, 1.82) is 0 Å². The molecule has 4 nitrogen and oxygen atoms in total. The van der Waals surface area contributed by atoms with Crippen molar-refractivity contribution in [2.45, 2.75) is 104 Å². The number of carbonyl (C=O) groups is 1. The van der Waals surface area contributed by atoms with E-state index in [2.05, 4.69) is 47.4 Å². The molecule has 2 aromatic carbocycles. The van der Waals surface area contributed by atoms with Crippen molar-refractivity contribution in [3.63, 3.8) is 0 Å². The number of unbranched alkanes of at least 4 members (excludes halogenated alkanes) is 11. The van der Waals surface area contributed by atoms with Crippen LogP contribution in [0.3, 0.4) is 0 Å². The van der Waals surface area contributed by atoms with E-state index in [0.29, 0.717) is 17.4 Å². The smallest absolute Gasteiger partial charge is 0.234 e. The van der Waals surface area contributed by atoms with Gasteiger partial charge in [-0.25, -0.2) is 0 Å². The molecule has 0 aliphatic heterocycles. The number of hydrogen-bond donors (Lipinski definition) is 1. The van der Waals surface area contributed by atoms with Crippen LogP contribution in [0.15, 0.2) is 54.0 Å². The summed E-state index contributed by atoms with van der Waals surface area (Å²) < 4.78 is 8.29. The molecule has 0 aliphatic carbocycles. The quantitative estimate of drug-likeness (QED) is 0.122. The van der Waals surface area contributed by atoms with Crippen LogP contribution in [-0.4, -0.2) is 12.5 Å². The zero-order valence-corrected chi connectivity index (χ0v) is 27.4. The van der Waals surface area contributed by atoms with Gasteiger partial charge in [-0.1, -0.05) is 125 Å². The molecule has 220 valence electrons. The molecule has 1 N–H and O–H groups in total. The molecule has 3 rings (SSSR count). The average molecular weight is 650 g/mol. The van der Waals surface area contributed by atoms with E-state index in [9.17, 15) is 4.79 Å². The van der Waals surface area contributed by atoms with Crippen molar-refractivity contribution in [3.05, 3.63) is 75.2 Å². The van der Waals surface area contributed by atoms with Gasteiger partial charge in [0.25, 0.3) is 0 Å². The summed E-state index contributed by atoms with van der Waals surface area (Å²) in [5.74, 6) is 0.555. The van der Waals surface area contributed by atoms with E-state index in [1.54, 1.807) is 11.3 Å². The predicted molar refractivity (Wildman–Crippen MR) is 165 cm³/mol. The second-order valence-electron chi connectivity index (χ2n) is 10.4. The fourth-order valence-electron chi connectivity index (χ4n) is 4.78. The lowest BCUT2D eigenvalue weighted by Crippen LogP contribution is -3.00. The first-order chi connectivity index (χ1) is 19.1. The van der Waals surface area contributed by atoms with Crippen LogP contribution in [0.4, 0.5) is 5.69 Å². The monoisotopic (exact) mass is 648 g/mol. The van der Waals surface area contributed by atoms with Crippen molar-refractivity contribution < 1.29 is 31.1 Å². The number of carbonyl (C=O) groups excluding carboxylic acids is 1. The first-order valence-electron chi connectivity index (χ1n) is 14.8. The molecule has 40 heavy (non-hydrogen) atoms. The van der Waals surface area contributed by atoms with Crippen LogP contribution in [0.25, 0.3) is 0 Å². The lowest BCUT2D eigenvalue weighted by Gasteiger charge is -2.13. The van der Waals surface area contributed by atoms with Gasteiger partial charge in [0.2, 0.25) is 10.9 Å². The van der Waals surface area contributed by atoms with Gasteiger partial charge < -0.3 is 27.0 Å². The summed E-state index contributed by atoms with van der Waals surface area (Å²) in [7, 11) is 0. The van der Waals surface area contributed by atoms with Gasteiger partial charge in [-0.3, -0.25) is 4.79 Å². The maximum absolute atomic E-state index is 12.8. The van der Waals surface area contributed by atoms with Crippen molar-refractivity contribution in [3.8, 4) is 5.75 Å². The van der Waals surface area contributed by atoms with Gasteiger partial charge in [0.15, 0.2) is 12.7 Å². The third-order valence-electron chi connectivity index (χ3n) is 7.12. The van der Waals surface area contributed by atoms with Gasteiger partial charge >= 0.3 is 0 Å². The molecule has 0 saturated carbocycles. The standard InChI is InChI=1S/C33H45ClN2O2S.BrH/c1-3-4-5-6-7-8-9-10-11-12-13-14-23-38-33-29(16-15-17-31(33)34)25-32(37)35-30-20-18-28(19-21-30)26-36-22-24-39-27(36)2;/h15-22,24H,3-14,23,25-26H2,1-2H3;1H. The molecule has 7 heteroatoms. The molecule has 1 aromatic heterocycles. The minimum atomic E-state index is -0.0803. The molecule has 1 heterocycles. The number of hydrogen-bond acceptors (Lipinski definition) is 3. The Morgan fingerprint density at radius 3 is 2.12 bits per heavy atom. The molecular formula is C33H46BrClN2O2S. The summed E-state index contributed by atoms with van der Waals surface area (Å²) in [6, 6.07) is 13.7. The second-order valence-corrected chi connectivity index (χ2v) is 11.9. The maximum Gasteiger partial charge on any atom is 0.234 e. The van der Waals surface area contributed by atoms with Crippen LogP contribution in [0, 0.1) is 6.92 Å². The second kappa shape index (κ2) is 20.1. The van der Waals surface area contributed by atoms with E-state index in [1.807, 2.05) is 30.3 Å². The Morgan fingerprint density at radius 1 is 0.900 bits per heavy atom. The number of nitrogens with zero attached hydrogens (tertiary/aromatic N) is 1. The van der Waals surface area contributed by atoms with E-state index in [4.69, 9.17) is 16.3 Å². The highest BCUT2D eigenvalue weighted by molar-refractivity contribution is 7.09. The molecule has 0 bridgehead atoms. The summed E-state index contributed by atoms with van der Waals surface area (Å²) in [6.07, 6.45) is 18.0. The maximum atomic E-state index is 12.8. The molecule has 0 aliphatic rings. The number of nitrogens with one attached hydrogen (secondary N) is 1. The zero-order chi connectivity index (χ0) is 27.7. The first kappa shape index (κ1) is 34.3. The predicted octanol–water partition coefficient (Wildman–Crippen LogP) is 6.31. The number of anilines is 1. The third kappa shape index (κ3) is 12.7. The fourth-order valence-corrected chi connectivity index (χ4v) is 5.69. The summed E-state index contributed by atoms with van der Waals surface area (Å²) in [5.41, 5.74) is 2.81. The lowest BCUT2D eigenvalue weighted by molar-refractivity contribution is -0.689. The number of halogens is 2. The van der Waals surface area contributed by atoms with E-state index in [-0.39, 0.29) is 29.3 Å². The molecule has 1 amide bonds. The van der Waals surface area contributed by atoms with Crippen LogP contribution >= 0.6 is 22.9 Å². The minimum Gasteiger partial charge on any atom is -1.00 e. The molecule has 0 fully saturated rings. The van der Waals surface area contributed by atoms with Crippen LogP contribution in [0.2, 0.25) is 5.02 Å². The average Bonchev–Trinajstić information content (AvgIpc) is 3.33. The van der Waals surface area contributed by atoms with E-state index >= 15 is 0 Å². The highest BCUT2D eigenvalue weighted by Crippen LogP contribution is 2.29. The Labute approximate surface area is 261 Å². The summed E-state index contributed by atoms with van der Waals surface area (Å²) in [5, 5.41) is 6.93. The molecule has 0 saturated heterocycles. The third-order valence-corrected chi connectivity index (χ3v) is 8.25. The van der Waals surface area contributed by atoms with Gasteiger partial charge in [0.05, 0.1) is 23.4 Å². The first-order valence-corrected chi connectivity index (χ1v) is 16.0. The van der Waals surface area contributed by atoms with Crippen molar-refractivity contribution in [1.82, 2.24) is 0 Å². The van der Waals surface area contributed by atoms with Gasteiger partial charge in [-0.05, 0) is 24.6 Å². The minimum absolute atomic E-state index is 0. The van der Waals surface area contributed by atoms with Crippen molar-refractivity contribution in [2.75, 3.05) is 11.9 Å².